The Morgan fingerprint density at radius 3 is 1.12 bits per heavy atom. The van der Waals surface area contributed by atoms with Crippen molar-refractivity contribution < 1.29 is 25.8 Å². The van der Waals surface area contributed by atoms with E-state index in [1.807, 2.05) is 12.4 Å². The van der Waals surface area contributed by atoms with Crippen LogP contribution in [-0.4, -0.2) is 39.0 Å². The number of hydrogen-bond donors (Lipinski definition) is 0. The number of nitrogens with zero attached hydrogens (tertiary/aromatic N) is 2. The van der Waals surface area contributed by atoms with Crippen molar-refractivity contribution in [1.82, 2.24) is 9.97 Å². The van der Waals surface area contributed by atoms with E-state index in [2.05, 4.69) is 192 Å². The van der Waals surface area contributed by atoms with Gasteiger partial charge in [-0.15, -0.1) is 0 Å². The van der Waals surface area contributed by atoms with Gasteiger partial charge in [0.1, 0.15) is 0 Å². The van der Waals surface area contributed by atoms with Gasteiger partial charge in [0, 0.05) is 0 Å². The fourth-order valence-corrected chi connectivity index (χ4v) is 12.2. The fourth-order valence-electron chi connectivity index (χ4n) is 7.30. The van der Waals surface area contributed by atoms with Gasteiger partial charge in [0.05, 0.1) is 0 Å². The van der Waals surface area contributed by atoms with Crippen LogP contribution in [0, 0.1) is 12.1 Å². The molecular formula is C54H54N2OPtSe2. The summed E-state index contributed by atoms with van der Waals surface area (Å²) < 4.78 is 12.2. The summed E-state index contributed by atoms with van der Waals surface area (Å²) in [6.45, 7) is 27.1. The van der Waals surface area contributed by atoms with Gasteiger partial charge in [-0.05, 0) is 0 Å². The summed E-state index contributed by atoms with van der Waals surface area (Å²) in [6, 6.07) is 43.4. The Hall–Kier alpha value is -3.81. The molecule has 4 aromatic heterocycles. The molecule has 60 heavy (non-hydrogen) atoms. The van der Waals surface area contributed by atoms with Gasteiger partial charge >= 0.3 is 387 Å². The van der Waals surface area contributed by atoms with Gasteiger partial charge in [0.15, 0.2) is 0 Å². The van der Waals surface area contributed by atoms with Crippen LogP contribution in [0.3, 0.4) is 0 Å². The molecule has 0 radical (unpaired) electrons. The molecule has 0 fully saturated rings. The SMILES string of the molecule is CC(C)(C)c1ccc(-c2cc3ccnc(-c4[c-]c(Oc5[c-]c(-c6nccc7cc(-c8ccc(C(C)(C)C)cc8)[se]c67)cc(C(C)(C)C)c5)cc(C(C)(C)C)c4)c3[se]2)cc1.[Pt+2]. The number of aromatic nitrogens is 2. The number of pyridine rings is 2. The van der Waals surface area contributed by atoms with E-state index in [0.717, 1.165) is 22.5 Å². The molecule has 8 rings (SSSR count). The fraction of sp³-hybridized carbons (Fsp3) is 0.296. The van der Waals surface area contributed by atoms with Gasteiger partial charge in [0.2, 0.25) is 0 Å². The molecule has 0 spiro atoms. The predicted octanol–water partition coefficient (Wildman–Crippen LogP) is 14.1. The van der Waals surface area contributed by atoms with Gasteiger partial charge in [0.25, 0.3) is 0 Å². The summed E-state index contributed by atoms with van der Waals surface area (Å²) in [4.78, 5) is 10.0. The molecule has 0 saturated heterocycles. The van der Waals surface area contributed by atoms with Crippen molar-refractivity contribution in [3.05, 3.63) is 144 Å². The smallest absolute Gasteiger partial charge is 2.00 e. The van der Waals surface area contributed by atoms with Crippen molar-refractivity contribution in [3.8, 4) is 54.0 Å². The van der Waals surface area contributed by atoms with Crippen molar-refractivity contribution in [2.24, 2.45) is 0 Å². The van der Waals surface area contributed by atoms with Gasteiger partial charge in [-0.2, -0.15) is 0 Å². The first-order valence-corrected chi connectivity index (χ1v) is 24.0. The normalized spacial score (nSPS) is 12.5. The minimum atomic E-state index is -0.125. The van der Waals surface area contributed by atoms with Gasteiger partial charge in [-0.1, -0.05) is 0 Å². The molecule has 0 saturated carbocycles. The third-order valence-corrected chi connectivity index (χ3v) is 16.2. The van der Waals surface area contributed by atoms with E-state index >= 15 is 0 Å². The van der Waals surface area contributed by atoms with Crippen molar-refractivity contribution in [1.29, 1.82) is 0 Å². The van der Waals surface area contributed by atoms with E-state index in [-0.39, 0.29) is 71.7 Å². The van der Waals surface area contributed by atoms with E-state index < -0.39 is 0 Å². The molecule has 0 unspecified atom stereocenters. The van der Waals surface area contributed by atoms with Crippen LogP contribution in [0.5, 0.6) is 11.5 Å². The molecule has 0 atom stereocenters. The molecule has 308 valence electrons. The molecule has 4 aromatic carbocycles. The third-order valence-electron chi connectivity index (χ3n) is 11.1. The van der Waals surface area contributed by atoms with E-state index in [0.29, 0.717) is 11.5 Å². The number of rotatable bonds is 6. The monoisotopic (exact) mass is 1100 g/mol. The second-order valence-electron chi connectivity index (χ2n) is 19.9. The number of fused-ring (bicyclic) bond motifs is 2. The quantitative estimate of drug-likeness (QED) is 0.123. The largest absolute Gasteiger partial charge is 2.00 e. The zero-order valence-electron chi connectivity index (χ0n) is 36.8. The maximum Gasteiger partial charge on any atom is 2.00 e. The number of ether oxygens (including phenoxy) is 1. The molecule has 4 heterocycles. The average molecular weight is 1100 g/mol. The Morgan fingerprint density at radius 2 is 0.783 bits per heavy atom. The molecular weight excluding hydrogens is 1050 g/mol. The first-order chi connectivity index (χ1) is 27.7. The molecule has 3 nitrogen and oxygen atoms in total. The second kappa shape index (κ2) is 16.5. The van der Waals surface area contributed by atoms with Crippen molar-refractivity contribution in [2.45, 2.75) is 105 Å². The van der Waals surface area contributed by atoms with Gasteiger partial charge < -0.3 is 0 Å². The standard InChI is InChI=1S/C54H54N2OSe2.Pt/c1-51(2,3)39-17-13-33(14-18-39)45-29-35-21-23-55-47(49(35)58-45)37-25-41(53(7,8)9)31-43(27-37)57-44-28-38(26-42(32-44)54(10,11)12)48-50-36(22-24-56-48)30-46(59-50)34-15-19-40(20-16-34)52(4,5)6;/h13-26,29-32H,1-12H3;/q-2;+2. The van der Waals surface area contributed by atoms with Crippen LogP contribution in [0.2, 0.25) is 0 Å². The summed E-state index contributed by atoms with van der Waals surface area (Å²) >= 11 is 0.182. The van der Waals surface area contributed by atoms with Crippen molar-refractivity contribution in [3.63, 3.8) is 0 Å². The first kappa shape index (κ1) is 44.2. The van der Waals surface area contributed by atoms with Crippen LogP contribution in [0.4, 0.5) is 0 Å². The van der Waals surface area contributed by atoms with Crippen molar-refractivity contribution >= 4 is 48.3 Å². The van der Waals surface area contributed by atoms with E-state index in [9.17, 15) is 0 Å². The zero-order valence-corrected chi connectivity index (χ0v) is 42.5. The van der Waals surface area contributed by atoms with Gasteiger partial charge in [-0.25, -0.2) is 0 Å². The zero-order chi connectivity index (χ0) is 42.1. The molecule has 0 amide bonds. The third kappa shape index (κ3) is 9.33. The van der Waals surface area contributed by atoms with Crippen LogP contribution in [-0.2, 0) is 42.7 Å². The van der Waals surface area contributed by atoms with E-state index in [4.69, 9.17) is 14.7 Å². The minimum absolute atomic E-state index is 0. The molecule has 0 aliphatic rings. The van der Waals surface area contributed by atoms with Gasteiger partial charge in [-0.3, -0.25) is 0 Å². The number of hydrogen-bond acceptors (Lipinski definition) is 3. The maximum atomic E-state index is 6.89. The van der Waals surface area contributed by atoms with Crippen LogP contribution in [0.15, 0.2) is 109 Å². The van der Waals surface area contributed by atoms with E-state index in [1.54, 1.807) is 0 Å². The summed E-state index contributed by atoms with van der Waals surface area (Å²) in [5.74, 6) is 1.32. The van der Waals surface area contributed by atoms with Crippen LogP contribution < -0.4 is 4.74 Å². The second-order valence-corrected chi connectivity index (χ2v) is 24.3. The molecule has 6 heteroatoms. The van der Waals surface area contributed by atoms with Crippen LogP contribution >= 0.6 is 0 Å². The molecule has 8 aromatic rings. The average Bonchev–Trinajstić information content (AvgIpc) is 3.82. The Labute approximate surface area is 383 Å². The molecule has 0 aliphatic heterocycles. The molecule has 0 bridgehead atoms. The summed E-state index contributed by atoms with van der Waals surface area (Å²) in [6.07, 6.45) is 3.87. The van der Waals surface area contributed by atoms with Crippen LogP contribution in [0.1, 0.15) is 105 Å². The van der Waals surface area contributed by atoms with E-state index in [1.165, 1.54) is 61.5 Å². The Bertz CT molecular complexity index is 2620. The predicted molar refractivity (Wildman–Crippen MR) is 252 cm³/mol. The summed E-state index contributed by atoms with van der Waals surface area (Å²) in [7, 11) is 0. The summed E-state index contributed by atoms with van der Waals surface area (Å²) in [5.41, 5.74) is 11.5. The topological polar surface area (TPSA) is 35.0 Å². The molecule has 0 aliphatic carbocycles. The summed E-state index contributed by atoms with van der Waals surface area (Å²) in [5, 5.41) is 2.48. The maximum absolute atomic E-state index is 6.89. The Balaban J connectivity index is 0.00000544. The Kier molecular flexibility index (Phi) is 12.1. The number of benzene rings is 4. The minimum Gasteiger partial charge on any atom is 2.00 e. The Morgan fingerprint density at radius 1 is 0.433 bits per heavy atom. The first-order valence-electron chi connectivity index (χ1n) is 20.5. The molecule has 0 N–H and O–H groups in total. The van der Waals surface area contributed by atoms with Crippen LogP contribution in [0.25, 0.3) is 61.8 Å². The van der Waals surface area contributed by atoms with Crippen molar-refractivity contribution in [2.75, 3.05) is 0 Å².